The highest BCUT2D eigenvalue weighted by molar-refractivity contribution is 6.42. The lowest BCUT2D eigenvalue weighted by atomic mass is 10.00. The molecule has 0 aromatic heterocycles. The molecule has 0 bridgehead atoms. The molecular weight excluding hydrogens is 313 g/mol. The Labute approximate surface area is 133 Å². The average Bonchev–Trinajstić information content (AvgIpc) is 3.03. The summed E-state index contributed by atoms with van der Waals surface area (Å²) in [5.74, 6) is -0.0441. The van der Waals surface area contributed by atoms with Gasteiger partial charge in [0.25, 0.3) is 5.91 Å². The number of carbonyl (C=O) groups is 1. The van der Waals surface area contributed by atoms with Crippen molar-refractivity contribution >= 4 is 29.1 Å². The number of ether oxygens (including phenoxy) is 2. The highest BCUT2D eigenvalue weighted by Gasteiger charge is 2.36. The molecule has 3 rings (SSSR count). The van der Waals surface area contributed by atoms with E-state index in [0.29, 0.717) is 35.4 Å². The van der Waals surface area contributed by atoms with Crippen LogP contribution < -0.4 is 0 Å². The molecule has 2 heterocycles. The summed E-state index contributed by atoms with van der Waals surface area (Å²) in [6.45, 7) is 1.90. The second kappa shape index (κ2) is 6.53. The lowest BCUT2D eigenvalue weighted by molar-refractivity contribution is -0.100. The van der Waals surface area contributed by atoms with E-state index in [1.54, 1.807) is 18.2 Å². The smallest absolute Gasteiger partial charge is 0.254 e. The molecule has 114 valence electrons. The van der Waals surface area contributed by atoms with Crippen LogP contribution in [0, 0.1) is 0 Å². The fourth-order valence-electron chi connectivity index (χ4n) is 2.89. The van der Waals surface area contributed by atoms with Crippen LogP contribution in [0.4, 0.5) is 0 Å². The first-order valence-corrected chi connectivity index (χ1v) is 7.91. The maximum absolute atomic E-state index is 12.7. The lowest BCUT2D eigenvalue weighted by Gasteiger charge is -2.38. The molecule has 2 saturated heterocycles. The highest BCUT2D eigenvalue weighted by atomic mass is 35.5. The zero-order chi connectivity index (χ0) is 14.8. The third-order valence-electron chi connectivity index (χ3n) is 3.94. The van der Waals surface area contributed by atoms with Gasteiger partial charge in [0.1, 0.15) is 0 Å². The zero-order valence-corrected chi connectivity index (χ0v) is 13.1. The first kappa shape index (κ1) is 15.1. The molecule has 4 nitrogen and oxygen atoms in total. The second-order valence-electron chi connectivity index (χ2n) is 5.30. The van der Waals surface area contributed by atoms with Crippen LogP contribution in [0.15, 0.2) is 18.2 Å². The first-order valence-electron chi connectivity index (χ1n) is 7.16. The minimum Gasteiger partial charge on any atom is -0.348 e. The Bertz CT molecular complexity index is 532. The molecular formula is C15H17Cl2NO3. The molecule has 21 heavy (non-hydrogen) atoms. The molecule has 0 N–H and O–H groups in total. The molecule has 6 heteroatoms. The summed E-state index contributed by atoms with van der Waals surface area (Å²) in [5.41, 5.74) is 0.550. The van der Waals surface area contributed by atoms with Gasteiger partial charge < -0.3 is 14.4 Å². The van der Waals surface area contributed by atoms with Gasteiger partial charge in [0.2, 0.25) is 0 Å². The summed E-state index contributed by atoms with van der Waals surface area (Å²) in [7, 11) is 0. The van der Waals surface area contributed by atoms with Gasteiger partial charge in [-0.3, -0.25) is 4.79 Å². The summed E-state index contributed by atoms with van der Waals surface area (Å²) < 4.78 is 11.2. The maximum atomic E-state index is 12.7. The monoisotopic (exact) mass is 329 g/mol. The third kappa shape index (κ3) is 3.19. The average molecular weight is 330 g/mol. The van der Waals surface area contributed by atoms with E-state index in [9.17, 15) is 4.79 Å². The summed E-state index contributed by atoms with van der Waals surface area (Å²) in [6.07, 6.45) is 2.67. The largest absolute Gasteiger partial charge is 0.348 e. The second-order valence-corrected chi connectivity index (χ2v) is 6.11. The Kier molecular flexibility index (Phi) is 4.69. The predicted molar refractivity (Wildman–Crippen MR) is 80.8 cm³/mol. The van der Waals surface area contributed by atoms with Gasteiger partial charge in [0.05, 0.1) is 29.3 Å². The van der Waals surface area contributed by atoms with Crippen LogP contribution in [0.2, 0.25) is 10.0 Å². The summed E-state index contributed by atoms with van der Waals surface area (Å²) in [5, 5.41) is 0.843. The van der Waals surface area contributed by atoms with Gasteiger partial charge in [-0.05, 0) is 37.5 Å². The molecule has 1 amide bonds. The Balaban J connectivity index is 1.81. The quantitative estimate of drug-likeness (QED) is 0.835. The topological polar surface area (TPSA) is 38.8 Å². The van der Waals surface area contributed by atoms with Crippen molar-refractivity contribution < 1.29 is 14.3 Å². The first-order chi connectivity index (χ1) is 10.2. The van der Waals surface area contributed by atoms with Gasteiger partial charge in [-0.15, -0.1) is 0 Å². The van der Waals surface area contributed by atoms with Crippen molar-refractivity contribution in [2.45, 2.75) is 31.6 Å². The Hall–Kier alpha value is -0.810. The van der Waals surface area contributed by atoms with E-state index >= 15 is 0 Å². The highest BCUT2D eigenvalue weighted by Crippen LogP contribution is 2.28. The molecule has 2 fully saturated rings. The Morgan fingerprint density at radius 1 is 1.14 bits per heavy atom. The van der Waals surface area contributed by atoms with Crippen LogP contribution >= 0.6 is 23.2 Å². The number of benzene rings is 1. The molecule has 2 aliphatic heterocycles. The van der Waals surface area contributed by atoms with Gasteiger partial charge in [-0.25, -0.2) is 0 Å². The number of nitrogens with zero attached hydrogens (tertiary/aromatic N) is 1. The lowest BCUT2D eigenvalue weighted by Crippen LogP contribution is -2.50. The van der Waals surface area contributed by atoms with Gasteiger partial charge in [0.15, 0.2) is 6.29 Å². The van der Waals surface area contributed by atoms with Crippen LogP contribution in [0.3, 0.4) is 0 Å². The molecule has 0 radical (unpaired) electrons. The van der Waals surface area contributed by atoms with Gasteiger partial charge in [0, 0.05) is 12.1 Å². The van der Waals surface area contributed by atoms with E-state index in [1.807, 2.05) is 4.90 Å². The van der Waals surface area contributed by atoms with Crippen molar-refractivity contribution in [3.63, 3.8) is 0 Å². The molecule has 1 aromatic rings. The normalized spacial score (nSPS) is 23.5. The van der Waals surface area contributed by atoms with Crippen molar-refractivity contribution in [3.8, 4) is 0 Å². The fourth-order valence-corrected chi connectivity index (χ4v) is 3.18. The van der Waals surface area contributed by atoms with Gasteiger partial charge in [-0.2, -0.15) is 0 Å². The SMILES string of the molecule is O=C(c1ccc(Cl)c(Cl)c1)N1CCCC[C@@H]1C1OCCO1. The fraction of sp³-hybridized carbons (Fsp3) is 0.533. The van der Waals surface area contributed by atoms with Crippen molar-refractivity contribution in [2.24, 2.45) is 0 Å². The molecule has 0 unspecified atom stereocenters. The molecule has 1 aromatic carbocycles. The molecule has 0 spiro atoms. The van der Waals surface area contributed by atoms with Crippen LogP contribution in [0.1, 0.15) is 29.6 Å². The van der Waals surface area contributed by atoms with Crippen molar-refractivity contribution in [2.75, 3.05) is 19.8 Å². The van der Waals surface area contributed by atoms with Crippen LogP contribution in [0.5, 0.6) is 0 Å². The van der Waals surface area contributed by atoms with Crippen molar-refractivity contribution in [3.05, 3.63) is 33.8 Å². The number of amides is 1. The summed E-state index contributed by atoms with van der Waals surface area (Å²) in [4.78, 5) is 14.6. The number of hydrogen-bond donors (Lipinski definition) is 0. The van der Waals surface area contributed by atoms with Crippen molar-refractivity contribution in [1.82, 2.24) is 4.90 Å². The van der Waals surface area contributed by atoms with E-state index in [2.05, 4.69) is 0 Å². The number of likely N-dealkylation sites (tertiary alicyclic amines) is 1. The van der Waals surface area contributed by atoms with E-state index in [-0.39, 0.29) is 18.2 Å². The van der Waals surface area contributed by atoms with Crippen molar-refractivity contribution in [1.29, 1.82) is 0 Å². The standard InChI is InChI=1S/C15H17Cl2NO3/c16-11-5-4-10(9-12(11)17)14(19)18-6-2-1-3-13(18)15-20-7-8-21-15/h4-5,9,13,15H,1-3,6-8H2/t13-/m1/s1. The van der Waals surface area contributed by atoms with E-state index in [1.165, 1.54) is 0 Å². The number of rotatable bonds is 2. The number of hydrogen-bond acceptors (Lipinski definition) is 3. The van der Waals surface area contributed by atoms with Gasteiger partial charge in [-0.1, -0.05) is 23.2 Å². The predicted octanol–water partition coefficient (Wildman–Crippen LogP) is 3.36. The maximum Gasteiger partial charge on any atom is 0.254 e. The molecule has 1 atom stereocenters. The van der Waals surface area contributed by atoms with Crippen LogP contribution in [-0.4, -0.2) is 42.9 Å². The summed E-state index contributed by atoms with van der Waals surface area (Å²) in [6, 6.07) is 4.95. The molecule has 0 saturated carbocycles. The van der Waals surface area contributed by atoms with E-state index < -0.39 is 0 Å². The Morgan fingerprint density at radius 3 is 2.62 bits per heavy atom. The van der Waals surface area contributed by atoms with Crippen LogP contribution in [0.25, 0.3) is 0 Å². The van der Waals surface area contributed by atoms with E-state index in [4.69, 9.17) is 32.7 Å². The minimum absolute atomic E-state index is 0.0248. The molecule has 2 aliphatic rings. The Morgan fingerprint density at radius 2 is 1.90 bits per heavy atom. The minimum atomic E-state index is -0.308. The number of piperidine rings is 1. The third-order valence-corrected chi connectivity index (χ3v) is 4.68. The summed E-state index contributed by atoms with van der Waals surface area (Å²) >= 11 is 11.9. The van der Waals surface area contributed by atoms with E-state index in [0.717, 1.165) is 19.3 Å². The van der Waals surface area contributed by atoms with Gasteiger partial charge >= 0.3 is 0 Å². The number of carbonyl (C=O) groups excluding carboxylic acids is 1. The zero-order valence-electron chi connectivity index (χ0n) is 11.6. The van der Waals surface area contributed by atoms with Crippen LogP contribution in [-0.2, 0) is 9.47 Å². The number of halogens is 2. The molecule has 0 aliphatic carbocycles.